The van der Waals surface area contributed by atoms with E-state index in [1.807, 2.05) is 30.3 Å². The second-order valence-corrected chi connectivity index (χ2v) is 5.69. The summed E-state index contributed by atoms with van der Waals surface area (Å²) in [5.74, 6) is -0.489. The van der Waals surface area contributed by atoms with Gasteiger partial charge in [0.1, 0.15) is 0 Å². The van der Waals surface area contributed by atoms with E-state index in [-0.39, 0.29) is 16.7 Å². The molecule has 2 aromatic heterocycles. The third-order valence-corrected chi connectivity index (χ3v) is 3.96. The van der Waals surface area contributed by atoms with Gasteiger partial charge in [-0.3, -0.25) is 0 Å². The van der Waals surface area contributed by atoms with Crippen molar-refractivity contribution in [2.24, 2.45) is 0 Å². The van der Waals surface area contributed by atoms with Gasteiger partial charge < -0.3 is 5.32 Å². The summed E-state index contributed by atoms with van der Waals surface area (Å²) >= 11 is 5.81. The fourth-order valence-corrected chi connectivity index (χ4v) is 2.67. The molecule has 0 spiro atoms. The molecule has 0 aliphatic rings. The first-order valence-electron chi connectivity index (χ1n) is 7.38. The summed E-state index contributed by atoms with van der Waals surface area (Å²) in [6.07, 6.45) is 0. The Hall–Kier alpha value is -3.19. The molecule has 4 rings (SSSR count). The van der Waals surface area contributed by atoms with E-state index in [1.54, 1.807) is 12.1 Å². The van der Waals surface area contributed by atoms with Crippen molar-refractivity contribution in [1.82, 2.24) is 19.6 Å². The maximum absolute atomic E-state index is 14.2. The first-order valence-corrected chi connectivity index (χ1v) is 7.76. The summed E-state index contributed by atoms with van der Waals surface area (Å²) in [5.41, 5.74) is 1.43. The number of nitrogens with one attached hydrogen (secondary N) is 2. The van der Waals surface area contributed by atoms with Crippen LogP contribution in [0.25, 0.3) is 16.9 Å². The molecule has 2 heterocycles. The Bertz CT molecular complexity index is 1120. The van der Waals surface area contributed by atoms with E-state index >= 15 is 0 Å². The predicted octanol–water partition coefficient (Wildman–Crippen LogP) is 3.62. The zero-order valence-corrected chi connectivity index (χ0v) is 13.5. The second-order valence-electron chi connectivity index (χ2n) is 5.28. The molecule has 4 aromatic rings. The SMILES string of the molecule is O=c1[nH]nc2cc(-c3ccccc3)nc(Nc3cccc(Cl)c3F)n12. The summed E-state index contributed by atoms with van der Waals surface area (Å²) < 4.78 is 15.4. The maximum Gasteiger partial charge on any atom is 0.350 e. The highest BCUT2D eigenvalue weighted by Gasteiger charge is 2.14. The fraction of sp³-hybridized carbons (Fsp3) is 0. The lowest BCUT2D eigenvalue weighted by molar-refractivity contribution is 0.632. The van der Waals surface area contributed by atoms with Crippen LogP contribution in [-0.4, -0.2) is 19.6 Å². The lowest BCUT2D eigenvalue weighted by Crippen LogP contribution is -2.15. The zero-order chi connectivity index (χ0) is 17.4. The number of aromatic amines is 1. The molecule has 0 atom stereocenters. The number of fused-ring (bicyclic) bond motifs is 1. The largest absolute Gasteiger partial charge is 0.350 e. The van der Waals surface area contributed by atoms with E-state index in [2.05, 4.69) is 20.5 Å². The van der Waals surface area contributed by atoms with Gasteiger partial charge in [0.25, 0.3) is 0 Å². The van der Waals surface area contributed by atoms with E-state index in [1.165, 1.54) is 16.5 Å². The normalized spacial score (nSPS) is 11.0. The Balaban J connectivity index is 1.91. The number of hydrogen-bond donors (Lipinski definition) is 2. The van der Waals surface area contributed by atoms with Crippen LogP contribution in [0, 0.1) is 5.82 Å². The summed E-state index contributed by atoms with van der Waals surface area (Å²) in [6.45, 7) is 0. The van der Waals surface area contributed by atoms with Gasteiger partial charge in [-0.15, -0.1) is 0 Å². The zero-order valence-electron chi connectivity index (χ0n) is 12.7. The first-order chi connectivity index (χ1) is 12.1. The van der Waals surface area contributed by atoms with Gasteiger partial charge in [0.15, 0.2) is 11.5 Å². The molecule has 0 amide bonds. The summed E-state index contributed by atoms with van der Waals surface area (Å²) in [4.78, 5) is 16.5. The Labute approximate surface area is 145 Å². The van der Waals surface area contributed by atoms with Crippen molar-refractivity contribution in [3.63, 3.8) is 0 Å². The molecule has 124 valence electrons. The van der Waals surface area contributed by atoms with Gasteiger partial charge in [0.05, 0.1) is 16.4 Å². The number of H-pyrrole nitrogens is 1. The molecule has 6 nitrogen and oxygen atoms in total. The van der Waals surface area contributed by atoms with E-state index in [4.69, 9.17) is 11.6 Å². The molecule has 0 fully saturated rings. The number of halogens is 2. The van der Waals surface area contributed by atoms with Gasteiger partial charge in [0.2, 0.25) is 5.95 Å². The number of aromatic nitrogens is 4. The Kier molecular flexibility index (Phi) is 3.70. The van der Waals surface area contributed by atoms with E-state index in [0.29, 0.717) is 11.3 Å². The Morgan fingerprint density at radius 3 is 2.72 bits per heavy atom. The van der Waals surface area contributed by atoms with Crippen molar-refractivity contribution in [2.45, 2.75) is 0 Å². The monoisotopic (exact) mass is 355 g/mol. The van der Waals surface area contributed by atoms with Crippen molar-refractivity contribution in [3.05, 3.63) is 75.9 Å². The van der Waals surface area contributed by atoms with Gasteiger partial charge in [-0.2, -0.15) is 5.10 Å². The highest BCUT2D eigenvalue weighted by molar-refractivity contribution is 6.31. The second kappa shape index (κ2) is 6.03. The topological polar surface area (TPSA) is 75.1 Å². The van der Waals surface area contributed by atoms with E-state index in [0.717, 1.165) is 5.56 Å². The van der Waals surface area contributed by atoms with Crippen LogP contribution in [-0.2, 0) is 0 Å². The molecule has 0 aliphatic carbocycles. The minimum atomic E-state index is -0.624. The quantitative estimate of drug-likeness (QED) is 0.588. The van der Waals surface area contributed by atoms with Gasteiger partial charge >= 0.3 is 5.69 Å². The summed E-state index contributed by atoms with van der Waals surface area (Å²) in [5, 5.41) is 9.14. The average molecular weight is 356 g/mol. The van der Waals surface area contributed by atoms with Crippen LogP contribution in [0.15, 0.2) is 59.4 Å². The third kappa shape index (κ3) is 2.74. The number of nitrogens with zero attached hydrogens (tertiary/aromatic N) is 3. The average Bonchev–Trinajstić information content (AvgIpc) is 3.01. The van der Waals surface area contributed by atoms with Crippen LogP contribution < -0.4 is 11.0 Å². The molecule has 0 saturated carbocycles. The van der Waals surface area contributed by atoms with Gasteiger partial charge in [0, 0.05) is 11.6 Å². The number of rotatable bonds is 3. The molecule has 0 radical (unpaired) electrons. The molecule has 2 N–H and O–H groups in total. The third-order valence-electron chi connectivity index (χ3n) is 3.67. The first kappa shape index (κ1) is 15.3. The van der Waals surface area contributed by atoms with Crippen LogP contribution in [0.1, 0.15) is 0 Å². The minimum Gasteiger partial charge on any atom is -0.323 e. The van der Waals surface area contributed by atoms with Crippen LogP contribution in [0.3, 0.4) is 0 Å². The van der Waals surface area contributed by atoms with E-state index in [9.17, 15) is 9.18 Å². The lowest BCUT2D eigenvalue weighted by atomic mass is 10.1. The Morgan fingerprint density at radius 1 is 1.12 bits per heavy atom. The molecule has 0 saturated heterocycles. The van der Waals surface area contributed by atoms with E-state index < -0.39 is 11.5 Å². The molecular formula is C17H11ClFN5O. The number of benzene rings is 2. The van der Waals surface area contributed by atoms with Crippen molar-refractivity contribution >= 4 is 28.9 Å². The van der Waals surface area contributed by atoms with Crippen LogP contribution in [0.2, 0.25) is 5.02 Å². The standard InChI is InChI=1S/C17H11ClFN5O/c18-11-7-4-8-12(15(11)19)20-16-21-13(10-5-2-1-3-6-10)9-14-22-23-17(25)24(14)16/h1-9H,(H,20,21)(H,23,25). The molecular weight excluding hydrogens is 345 g/mol. The van der Waals surface area contributed by atoms with Crippen molar-refractivity contribution in [2.75, 3.05) is 5.32 Å². The molecule has 2 aromatic carbocycles. The van der Waals surface area contributed by atoms with Crippen molar-refractivity contribution in [1.29, 1.82) is 0 Å². The van der Waals surface area contributed by atoms with Gasteiger partial charge in [-0.05, 0) is 12.1 Å². The summed E-state index contributed by atoms with van der Waals surface area (Å²) in [7, 11) is 0. The fourth-order valence-electron chi connectivity index (χ4n) is 2.49. The van der Waals surface area contributed by atoms with Crippen LogP contribution in [0.4, 0.5) is 16.0 Å². The highest BCUT2D eigenvalue weighted by atomic mass is 35.5. The Morgan fingerprint density at radius 2 is 1.92 bits per heavy atom. The van der Waals surface area contributed by atoms with Crippen LogP contribution in [0.5, 0.6) is 0 Å². The number of hydrogen-bond acceptors (Lipinski definition) is 4. The molecule has 0 aliphatic heterocycles. The molecule has 0 bridgehead atoms. The smallest absolute Gasteiger partial charge is 0.323 e. The van der Waals surface area contributed by atoms with Crippen LogP contribution >= 0.6 is 11.6 Å². The highest BCUT2D eigenvalue weighted by Crippen LogP contribution is 2.26. The van der Waals surface area contributed by atoms with Crippen molar-refractivity contribution < 1.29 is 4.39 Å². The predicted molar refractivity (Wildman–Crippen MR) is 93.7 cm³/mol. The maximum atomic E-state index is 14.2. The number of anilines is 2. The summed E-state index contributed by atoms with van der Waals surface area (Å²) in [6, 6.07) is 15.6. The molecule has 8 heteroatoms. The van der Waals surface area contributed by atoms with Gasteiger partial charge in [-0.25, -0.2) is 23.7 Å². The minimum absolute atomic E-state index is 0.0278. The van der Waals surface area contributed by atoms with Crippen molar-refractivity contribution in [3.8, 4) is 11.3 Å². The molecule has 25 heavy (non-hydrogen) atoms. The van der Waals surface area contributed by atoms with Gasteiger partial charge in [-0.1, -0.05) is 48.0 Å². The molecule has 0 unspecified atom stereocenters. The lowest BCUT2D eigenvalue weighted by Gasteiger charge is -2.10.